The summed E-state index contributed by atoms with van der Waals surface area (Å²) in [5.41, 5.74) is 0. The highest BCUT2D eigenvalue weighted by Crippen LogP contribution is 1.90. The molecular formula is C9H17F3N2O3S. The van der Waals surface area contributed by atoms with Crippen molar-refractivity contribution < 1.29 is 26.1 Å². The summed E-state index contributed by atoms with van der Waals surface area (Å²) in [6.07, 6.45) is 6.72. The van der Waals surface area contributed by atoms with Crippen molar-refractivity contribution in [3.05, 3.63) is 18.7 Å². The molecule has 5 nitrogen and oxygen atoms in total. The molecule has 1 rings (SSSR count). The van der Waals surface area contributed by atoms with Crippen LogP contribution in [0, 0.1) is 0 Å². The van der Waals surface area contributed by atoms with Gasteiger partial charge in [-0.1, -0.05) is 13.3 Å². The van der Waals surface area contributed by atoms with E-state index >= 15 is 0 Å². The van der Waals surface area contributed by atoms with E-state index in [1.807, 2.05) is 24.7 Å². The van der Waals surface area contributed by atoms with E-state index < -0.39 is 16.8 Å². The van der Waals surface area contributed by atoms with Crippen LogP contribution >= 0.6 is 0 Å². The highest BCUT2D eigenvalue weighted by Gasteiger charge is 2.00. The van der Waals surface area contributed by atoms with Crippen LogP contribution in [-0.2, 0) is 17.2 Å². The lowest BCUT2D eigenvalue weighted by molar-refractivity contribution is 0.00819. The van der Waals surface area contributed by atoms with Gasteiger partial charge < -0.3 is 4.57 Å². The topological polar surface area (TPSA) is 72.2 Å². The lowest BCUT2D eigenvalue weighted by atomic mass is 10.4. The van der Waals surface area contributed by atoms with Crippen molar-refractivity contribution in [2.75, 3.05) is 5.75 Å². The first-order valence-corrected chi connectivity index (χ1v) is 6.59. The van der Waals surface area contributed by atoms with Crippen LogP contribution in [-0.4, -0.2) is 35.0 Å². The molecule has 0 atom stereocenters. The zero-order valence-corrected chi connectivity index (χ0v) is 10.9. The standard InChI is InChI=1S/C4H6N2.C4H10O3S.CHF3/c1-6-3-2-5-4-6;1-2-3-4-8(5,6)7;2-1(3)4/h2-4H,1H3;2-4H2,1H3,(H,5,6,7);1H. The Bertz CT molecular complexity index is 366. The predicted molar refractivity (Wildman–Crippen MR) is 61.6 cm³/mol. The summed E-state index contributed by atoms with van der Waals surface area (Å²) in [5, 5.41) is 0. The summed E-state index contributed by atoms with van der Waals surface area (Å²) in [6.45, 7) is -1.80. The van der Waals surface area contributed by atoms with Gasteiger partial charge in [0.25, 0.3) is 10.1 Å². The number of imidazole rings is 1. The van der Waals surface area contributed by atoms with Crippen LogP contribution in [0.15, 0.2) is 18.7 Å². The Morgan fingerprint density at radius 2 is 1.89 bits per heavy atom. The smallest absolute Gasteiger partial charge is 0.341 e. The molecule has 0 amide bonds. The molecule has 1 aromatic rings. The van der Waals surface area contributed by atoms with Crippen molar-refractivity contribution >= 4 is 10.1 Å². The number of aryl methyl sites for hydroxylation is 1. The normalized spacial score (nSPS) is 10.2. The number of nitrogens with zero attached hydrogens (tertiary/aromatic N) is 2. The summed E-state index contributed by atoms with van der Waals surface area (Å²) in [6, 6.07) is 0. The molecule has 9 heteroatoms. The molecule has 0 radical (unpaired) electrons. The molecular weight excluding hydrogens is 273 g/mol. The van der Waals surface area contributed by atoms with Crippen molar-refractivity contribution in [3.8, 4) is 0 Å². The molecule has 0 saturated carbocycles. The Morgan fingerprint density at radius 3 is 2.00 bits per heavy atom. The van der Waals surface area contributed by atoms with Gasteiger partial charge in [-0.05, 0) is 6.42 Å². The van der Waals surface area contributed by atoms with Gasteiger partial charge in [0.1, 0.15) is 0 Å². The zero-order valence-electron chi connectivity index (χ0n) is 10.1. The highest BCUT2D eigenvalue weighted by atomic mass is 32.2. The molecule has 0 aromatic carbocycles. The fraction of sp³-hybridized carbons (Fsp3) is 0.667. The fourth-order valence-electron chi connectivity index (χ4n) is 0.653. The van der Waals surface area contributed by atoms with Crippen molar-refractivity contribution in [2.24, 2.45) is 7.05 Å². The van der Waals surface area contributed by atoms with Gasteiger partial charge >= 0.3 is 6.68 Å². The summed E-state index contributed by atoms with van der Waals surface area (Å²) in [7, 11) is -1.75. The molecule has 0 unspecified atom stereocenters. The van der Waals surface area contributed by atoms with Crippen molar-refractivity contribution in [1.29, 1.82) is 0 Å². The summed E-state index contributed by atoms with van der Waals surface area (Å²) < 4.78 is 58.9. The van der Waals surface area contributed by atoms with E-state index in [0.29, 0.717) is 6.42 Å². The predicted octanol–water partition coefficient (Wildman–Crippen LogP) is 2.27. The molecule has 0 saturated heterocycles. The van der Waals surface area contributed by atoms with Gasteiger partial charge in [0.05, 0.1) is 12.1 Å². The molecule has 0 aliphatic carbocycles. The van der Waals surface area contributed by atoms with E-state index in [1.54, 1.807) is 12.5 Å². The molecule has 108 valence electrons. The molecule has 0 aliphatic rings. The number of hydrogen-bond acceptors (Lipinski definition) is 3. The number of unbranched alkanes of at least 4 members (excludes halogenated alkanes) is 1. The van der Waals surface area contributed by atoms with E-state index in [0.717, 1.165) is 6.42 Å². The number of alkyl halides is 3. The quantitative estimate of drug-likeness (QED) is 0.867. The van der Waals surface area contributed by atoms with Crippen molar-refractivity contribution in [1.82, 2.24) is 9.55 Å². The third-order valence-corrected chi connectivity index (χ3v) is 2.20. The Hall–Kier alpha value is -1.09. The zero-order chi connectivity index (χ0) is 14.6. The van der Waals surface area contributed by atoms with Gasteiger partial charge in [-0.25, -0.2) is 4.98 Å². The maximum Gasteiger partial charge on any atom is 0.379 e. The average Bonchev–Trinajstić information content (AvgIpc) is 2.65. The van der Waals surface area contributed by atoms with Gasteiger partial charge in [-0.3, -0.25) is 4.55 Å². The van der Waals surface area contributed by atoms with Gasteiger partial charge in [-0.15, -0.1) is 0 Å². The lowest BCUT2D eigenvalue weighted by Crippen LogP contribution is -2.02. The first-order chi connectivity index (χ1) is 8.19. The number of aromatic nitrogens is 2. The van der Waals surface area contributed by atoms with Crippen LogP contribution in [0.4, 0.5) is 13.2 Å². The molecule has 0 bridgehead atoms. The van der Waals surface area contributed by atoms with E-state index in [4.69, 9.17) is 4.55 Å². The van der Waals surface area contributed by atoms with E-state index in [1.165, 1.54) is 0 Å². The Morgan fingerprint density at radius 1 is 1.39 bits per heavy atom. The van der Waals surface area contributed by atoms with Crippen LogP contribution in [0.1, 0.15) is 19.8 Å². The van der Waals surface area contributed by atoms with Gasteiger partial charge in [-0.2, -0.15) is 21.6 Å². The molecule has 0 fully saturated rings. The van der Waals surface area contributed by atoms with Crippen LogP contribution in [0.3, 0.4) is 0 Å². The van der Waals surface area contributed by atoms with Gasteiger partial charge in [0.2, 0.25) is 0 Å². The Kier molecular flexibility index (Phi) is 11.8. The monoisotopic (exact) mass is 290 g/mol. The molecule has 1 heterocycles. The minimum Gasteiger partial charge on any atom is -0.341 e. The first kappa shape index (κ1) is 19.3. The second-order valence-electron chi connectivity index (χ2n) is 3.12. The summed E-state index contributed by atoms with van der Waals surface area (Å²) in [5.74, 6) is -0.108. The number of hydrogen-bond donors (Lipinski definition) is 1. The second kappa shape index (κ2) is 11.0. The van der Waals surface area contributed by atoms with E-state index in [-0.39, 0.29) is 5.75 Å². The Labute approximate surface area is 104 Å². The molecule has 0 aliphatic heterocycles. The lowest BCUT2D eigenvalue weighted by Gasteiger charge is -1.90. The molecule has 1 N–H and O–H groups in total. The SMILES string of the molecule is CCCCS(=O)(=O)O.Cn1ccnc1.FC(F)F. The minimum absolute atomic E-state index is 0.108. The molecule has 0 spiro atoms. The van der Waals surface area contributed by atoms with E-state index in [9.17, 15) is 21.6 Å². The average molecular weight is 290 g/mol. The minimum atomic E-state index is -3.69. The third kappa shape index (κ3) is 24.2. The maximum atomic E-state index is 9.95. The Balaban J connectivity index is 0. The maximum absolute atomic E-state index is 9.95. The molecule has 18 heavy (non-hydrogen) atoms. The van der Waals surface area contributed by atoms with Crippen LogP contribution in [0.25, 0.3) is 0 Å². The van der Waals surface area contributed by atoms with Crippen LogP contribution < -0.4 is 0 Å². The largest absolute Gasteiger partial charge is 0.379 e. The number of halogens is 3. The van der Waals surface area contributed by atoms with Crippen molar-refractivity contribution in [3.63, 3.8) is 0 Å². The summed E-state index contributed by atoms with van der Waals surface area (Å²) >= 11 is 0. The third-order valence-electron chi connectivity index (χ3n) is 1.39. The highest BCUT2D eigenvalue weighted by molar-refractivity contribution is 7.85. The second-order valence-corrected chi connectivity index (χ2v) is 4.69. The summed E-state index contributed by atoms with van der Waals surface area (Å²) in [4.78, 5) is 3.78. The molecule has 1 aromatic heterocycles. The van der Waals surface area contributed by atoms with E-state index in [2.05, 4.69) is 4.98 Å². The fourth-order valence-corrected chi connectivity index (χ4v) is 1.31. The van der Waals surface area contributed by atoms with Crippen LogP contribution in [0.2, 0.25) is 0 Å². The first-order valence-electron chi connectivity index (χ1n) is 4.98. The van der Waals surface area contributed by atoms with Gasteiger partial charge in [0, 0.05) is 19.4 Å². The van der Waals surface area contributed by atoms with Gasteiger partial charge in [0.15, 0.2) is 0 Å². The van der Waals surface area contributed by atoms with Crippen molar-refractivity contribution in [2.45, 2.75) is 26.4 Å². The van der Waals surface area contributed by atoms with Crippen LogP contribution in [0.5, 0.6) is 0 Å². The number of rotatable bonds is 3.